The molecule has 1 rings (SSSR count). The van der Waals surface area contributed by atoms with Gasteiger partial charge in [-0.3, -0.25) is 4.79 Å². The summed E-state index contributed by atoms with van der Waals surface area (Å²) in [4.78, 5) is 8.36. The van der Waals surface area contributed by atoms with Crippen LogP contribution in [0.5, 0.6) is 0 Å². The van der Waals surface area contributed by atoms with Crippen molar-refractivity contribution >= 4 is 6.47 Å². The number of β-amino-alcohol motifs (C(OH)–C–C–N with tert-alkyl or cyclic N) is 1. The third-order valence-corrected chi connectivity index (χ3v) is 1.03. The Kier molecular flexibility index (Phi) is 5.15. The van der Waals surface area contributed by atoms with E-state index in [0.717, 1.165) is 19.5 Å². The van der Waals surface area contributed by atoms with Crippen LogP contribution >= 0.6 is 0 Å². The van der Waals surface area contributed by atoms with Crippen LogP contribution in [0, 0.1) is 0 Å². The molecule has 4 heteroatoms. The Morgan fingerprint density at radius 2 is 2.22 bits per heavy atom. The van der Waals surface area contributed by atoms with E-state index < -0.39 is 0 Å². The first-order valence-corrected chi connectivity index (χ1v) is 2.78. The highest BCUT2D eigenvalue weighted by molar-refractivity contribution is 5.32. The molecule has 1 unspecified atom stereocenters. The van der Waals surface area contributed by atoms with Gasteiger partial charge in [0.25, 0.3) is 6.47 Å². The number of rotatable bonds is 0. The maximum atomic E-state index is 8.67. The number of nitrogens with one attached hydrogen (secondary N) is 1. The molecule has 1 heterocycles. The summed E-state index contributed by atoms with van der Waals surface area (Å²) in [6.45, 7) is 1.53. The number of hydrogen-bond acceptors (Lipinski definition) is 3. The van der Waals surface area contributed by atoms with Crippen molar-refractivity contribution in [1.82, 2.24) is 5.32 Å². The van der Waals surface area contributed by atoms with Crippen molar-refractivity contribution in [2.45, 2.75) is 12.5 Å². The number of carboxylic acid groups (broad SMARTS) is 1. The summed E-state index contributed by atoms with van der Waals surface area (Å²) in [6.07, 6.45) is 0.866. The molecule has 0 aliphatic carbocycles. The van der Waals surface area contributed by atoms with E-state index in [1.165, 1.54) is 0 Å². The fourth-order valence-electron chi connectivity index (χ4n) is 0.639. The molecule has 0 aromatic heterocycles. The predicted octanol–water partition coefficient (Wildman–Crippen LogP) is -0.959. The Labute approximate surface area is 53.5 Å². The molecule has 1 saturated heterocycles. The van der Waals surface area contributed by atoms with Gasteiger partial charge in [0.15, 0.2) is 0 Å². The topological polar surface area (TPSA) is 69.6 Å². The van der Waals surface area contributed by atoms with E-state index in [-0.39, 0.29) is 12.6 Å². The minimum Gasteiger partial charge on any atom is -0.483 e. The second-order valence-electron chi connectivity index (χ2n) is 1.75. The Morgan fingerprint density at radius 3 is 2.33 bits per heavy atom. The average Bonchev–Trinajstić information content (AvgIpc) is 2.20. The smallest absolute Gasteiger partial charge is 0.290 e. The molecule has 9 heavy (non-hydrogen) atoms. The van der Waals surface area contributed by atoms with Gasteiger partial charge in [-0.2, -0.15) is 0 Å². The van der Waals surface area contributed by atoms with Crippen molar-refractivity contribution in [3.63, 3.8) is 0 Å². The number of hydrogen-bond donors (Lipinski definition) is 3. The van der Waals surface area contributed by atoms with Gasteiger partial charge >= 0.3 is 0 Å². The summed E-state index contributed by atoms with van der Waals surface area (Å²) >= 11 is 0. The molecule has 0 saturated carbocycles. The van der Waals surface area contributed by atoms with E-state index in [2.05, 4.69) is 5.32 Å². The van der Waals surface area contributed by atoms with Gasteiger partial charge in [-0.25, -0.2) is 0 Å². The summed E-state index contributed by atoms with van der Waals surface area (Å²) in [5, 5.41) is 18.6. The highest BCUT2D eigenvalue weighted by atomic mass is 16.3. The summed E-state index contributed by atoms with van der Waals surface area (Å²) < 4.78 is 0. The Balaban J connectivity index is 0.000000187. The number of carbonyl (C=O) groups is 1. The minimum absolute atomic E-state index is 0.0648. The molecular weight excluding hydrogens is 122 g/mol. The van der Waals surface area contributed by atoms with Crippen molar-refractivity contribution < 1.29 is 15.0 Å². The summed E-state index contributed by atoms with van der Waals surface area (Å²) in [5.74, 6) is 0. The SMILES string of the molecule is O=CO.OC1CCNC1. The Morgan fingerprint density at radius 1 is 1.67 bits per heavy atom. The highest BCUT2D eigenvalue weighted by Gasteiger charge is 2.08. The first-order chi connectivity index (χ1) is 4.31. The molecule has 0 aromatic rings. The van der Waals surface area contributed by atoms with Crippen LogP contribution in [0.1, 0.15) is 6.42 Å². The standard InChI is InChI=1S/C4H9NO.CH2O2/c6-4-1-2-5-3-4;2-1-3/h4-6H,1-3H2;1H,(H,2,3). The van der Waals surface area contributed by atoms with Crippen molar-refractivity contribution in [2.24, 2.45) is 0 Å². The second-order valence-corrected chi connectivity index (χ2v) is 1.75. The average molecular weight is 133 g/mol. The van der Waals surface area contributed by atoms with Gasteiger partial charge in [0.05, 0.1) is 6.10 Å². The molecule has 0 amide bonds. The Bertz CT molecular complexity index is 70.6. The van der Waals surface area contributed by atoms with E-state index in [1.807, 2.05) is 0 Å². The van der Waals surface area contributed by atoms with E-state index in [4.69, 9.17) is 15.0 Å². The molecule has 54 valence electrons. The van der Waals surface area contributed by atoms with Crippen molar-refractivity contribution in [3.05, 3.63) is 0 Å². The van der Waals surface area contributed by atoms with Crippen LogP contribution in [-0.4, -0.2) is 35.9 Å². The van der Waals surface area contributed by atoms with Crippen LogP contribution in [0.4, 0.5) is 0 Å². The number of aliphatic hydroxyl groups is 1. The monoisotopic (exact) mass is 133 g/mol. The lowest BCUT2D eigenvalue weighted by Gasteiger charge is -1.90. The zero-order valence-corrected chi connectivity index (χ0v) is 5.08. The molecule has 1 fully saturated rings. The van der Waals surface area contributed by atoms with Crippen LogP contribution in [0.3, 0.4) is 0 Å². The summed E-state index contributed by atoms with van der Waals surface area (Å²) in [6, 6.07) is 0. The molecule has 0 radical (unpaired) electrons. The van der Waals surface area contributed by atoms with E-state index in [9.17, 15) is 0 Å². The maximum Gasteiger partial charge on any atom is 0.290 e. The van der Waals surface area contributed by atoms with Gasteiger partial charge in [0.1, 0.15) is 0 Å². The largest absolute Gasteiger partial charge is 0.483 e. The van der Waals surface area contributed by atoms with Gasteiger partial charge in [-0.05, 0) is 13.0 Å². The van der Waals surface area contributed by atoms with Crippen LogP contribution in [-0.2, 0) is 4.79 Å². The van der Waals surface area contributed by atoms with Crippen LogP contribution < -0.4 is 5.32 Å². The quantitative estimate of drug-likeness (QED) is 0.372. The lowest BCUT2D eigenvalue weighted by Crippen LogP contribution is -2.11. The normalized spacial score (nSPS) is 24.3. The van der Waals surface area contributed by atoms with Gasteiger partial charge < -0.3 is 15.5 Å². The fraction of sp³-hybridized carbons (Fsp3) is 0.800. The molecular formula is C5H11NO3. The number of aliphatic hydroxyl groups excluding tert-OH is 1. The van der Waals surface area contributed by atoms with E-state index >= 15 is 0 Å². The van der Waals surface area contributed by atoms with Crippen LogP contribution in [0.2, 0.25) is 0 Å². The van der Waals surface area contributed by atoms with Gasteiger partial charge in [0.2, 0.25) is 0 Å². The van der Waals surface area contributed by atoms with Crippen LogP contribution in [0.25, 0.3) is 0 Å². The zero-order valence-electron chi connectivity index (χ0n) is 5.08. The molecule has 0 bridgehead atoms. The van der Waals surface area contributed by atoms with E-state index in [0.29, 0.717) is 0 Å². The molecule has 1 atom stereocenters. The fourth-order valence-corrected chi connectivity index (χ4v) is 0.639. The lowest BCUT2D eigenvalue weighted by atomic mass is 10.3. The predicted molar refractivity (Wildman–Crippen MR) is 32.2 cm³/mol. The van der Waals surface area contributed by atoms with Crippen LogP contribution in [0.15, 0.2) is 0 Å². The lowest BCUT2D eigenvalue weighted by molar-refractivity contribution is -0.122. The Hall–Kier alpha value is -0.610. The third-order valence-electron chi connectivity index (χ3n) is 1.03. The maximum absolute atomic E-state index is 8.67. The molecule has 0 aromatic carbocycles. The highest BCUT2D eigenvalue weighted by Crippen LogP contribution is 1.93. The second kappa shape index (κ2) is 5.53. The first-order valence-electron chi connectivity index (χ1n) is 2.78. The van der Waals surface area contributed by atoms with Gasteiger partial charge in [0, 0.05) is 6.54 Å². The molecule has 3 N–H and O–H groups in total. The molecule has 0 spiro atoms. The first kappa shape index (κ1) is 8.39. The summed E-state index contributed by atoms with van der Waals surface area (Å²) in [7, 11) is 0. The van der Waals surface area contributed by atoms with E-state index in [1.54, 1.807) is 0 Å². The third kappa shape index (κ3) is 5.26. The van der Waals surface area contributed by atoms with Gasteiger partial charge in [-0.15, -0.1) is 0 Å². The molecule has 1 aliphatic heterocycles. The van der Waals surface area contributed by atoms with Gasteiger partial charge in [-0.1, -0.05) is 0 Å². The van der Waals surface area contributed by atoms with Crippen molar-refractivity contribution in [3.8, 4) is 0 Å². The minimum atomic E-state index is -0.250. The van der Waals surface area contributed by atoms with Crippen molar-refractivity contribution in [1.29, 1.82) is 0 Å². The van der Waals surface area contributed by atoms with Crippen molar-refractivity contribution in [2.75, 3.05) is 13.1 Å². The molecule has 1 aliphatic rings. The molecule has 4 nitrogen and oxygen atoms in total. The zero-order chi connectivity index (χ0) is 7.11. The summed E-state index contributed by atoms with van der Waals surface area (Å²) in [5.41, 5.74) is 0.